The van der Waals surface area contributed by atoms with E-state index in [1.54, 1.807) is 26.4 Å². The van der Waals surface area contributed by atoms with Crippen molar-refractivity contribution in [3.63, 3.8) is 0 Å². The predicted molar refractivity (Wildman–Crippen MR) is 133 cm³/mol. The van der Waals surface area contributed by atoms with E-state index in [0.717, 1.165) is 11.1 Å². The second-order valence-corrected chi connectivity index (χ2v) is 7.60. The van der Waals surface area contributed by atoms with Gasteiger partial charge in [-0.15, -0.1) is 0 Å². The van der Waals surface area contributed by atoms with Gasteiger partial charge in [-0.3, -0.25) is 0 Å². The summed E-state index contributed by atoms with van der Waals surface area (Å²) in [6.07, 6.45) is 1.45. The van der Waals surface area contributed by atoms with Crippen molar-refractivity contribution in [1.29, 1.82) is 0 Å². The van der Waals surface area contributed by atoms with Crippen molar-refractivity contribution in [3.8, 4) is 11.5 Å². The van der Waals surface area contributed by atoms with Gasteiger partial charge in [0.25, 0.3) is 0 Å². The average molecular weight is 462 g/mol. The van der Waals surface area contributed by atoms with E-state index in [1.165, 1.54) is 6.33 Å². The fourth-order valence-corrected chi connectivity index (χ4v) is 3.72. The van der Waals surface area contributed by atoms with Crippen LogP contribution in [0.1, 0.15) is 17.2 Å². The molecule has 0 aliphatic carbocycles. The van der Waals surface area contributed by atoms with Crippen molar-refractivity contribution >= 4 is 34.6 Å². The van der Waals surface area contributed by atoms with Crippen LogP contribution in [0, 0.1) is 0 Å². The molecule has 0 amide bonds. The van der Waals surface area contributed by atoms with Crippen LogP contribution in [0.5, 0.6) is 11.5 Å². The first-order valence-corrected chi connectivity index (χ1v) is 10.6. The van der Waals surface area contributed by atoms with Crippen molar-refractivity contribution < 1.29 is 9.47 Å². The first-order valence-electron chi connectivity index (χ1n) is 10.3. The Morgan fingerprint density at radius 2 is 1.39 bits per heavy atom. The largest absolute Gasteiger partial charge is 0.495 e. The molecule has 0 aliphatic rings. The number of halogens is 1. The number of anilines is 4. The molecule has 0 fully saturated rings. The third-order valence-corrected chi connectivity index (χ3v) is 5.45. The number of ether oxygens (including phenoxy) is 2. The molecule has 1 heterocycles. The number of nitrogens with two attached hydrogens (primary N) is 1. The van der Waals surface area contributed by atoms with Crippen LogP contribution in [0.3, 0.4) is 0 Å². The second kappa shape index (κ2) is 10.1. The predicted octanol–water partition coefficient (Wildman–Crippen LogP) is 5.67. The summed E-state index contributed by atoms with van der Waals surface area (Å²) in [6, 6.07) is 23.5. The molecule has 8 heteroatoms. The van der Waals surface area contributed by atoms with Gasteiger partial charge in [0.15, 0.2) is 11.6 Å². The normalized spacial score (nSPS) is 10.7. The first kappa shape index (κ1) is 22.2. The average Bonchev–Trinajstić information content (AvgIpc) is 2.86. The highest BCUT2D eigenvalue weighted by atomic mass is 35.5. The minimum atomic E-state index is -0.151. The molecule has 0 spiro atoms. The third kappa shape index (κ3) is 4.94. The molecule has 4 rings (SSSR count). The highest BCUT2D eigenvalue weighted by Crippen LogP contribution is 2.39. The topological polar surface area (TPSA) is 94.3 Å². The van der Waals surface area contributed by atoms with E-state index in [2.05, 4.69) is 44.9 Å². The van der Waals surface area contributed by atoms with Crippen LogP contribution in [0.25, 0.3) is 0 Å². The van der Waals surface area contributed by atoms with Crippen LogP contribution >= 0.6 is 11.6 Å². The first-order chi connectivity index (χ1) is 16.1. The molecular formula is C25H24ClN5O2. The molecule has 7 nitrogen and oxygen atoms in total. The molecule has 3 aromatic carbocycles. The Bertz CT molecular complexity index is 1180. The fourth-order valence-electron chi connectivity index (χ4n) is 3.48. The Kier molecular flexibility index (Phi) is 6.80. The zero-order chi connectivity index (χ0) is 23.2. The Balaban J connectivity index is 1.68. The maximum atomic E-state index is 6.47. The fraction of sp³-hybridized carbons (Fsp3) is 0.120. The van der Waals surface area contributed by atoms with Crippen LogP contribution in [0.15, 0.2) is 79.1 Å². The summed E-state index contributed by atoms with van der Waals surface area (Å²) < 4.78 is 10.7. The van der Waals surface area contributed by atoms with Gasteiger partial charge in [-0.1, -0.05) is 72.3 Å². The van der Waals surface area contributed by atoms with E-state index in [0.29, 0.717) is 39.5 Å². The van der Waals surface area contributed by atoms with Crippen molar-refractivity contribution in [2.45, 2.75) is 6.04 Å². The van der Waals surface area contributed by atoms with Crippen LogP contribution in [-0.4, -0.2) is 24.2 Å². The summed E-state index contributed by atoms with van der Waals surface area (Å²) >= 11 is 6.30. The van der Waals surface area contributed by atoms with Crippen molar-refractivity contribution in [2.24, 2.45) is 0 Å². The highest BCUT2D eigenvalue weighted by molar-refractivity contribution is 6.32. The van der Waals surface area contributed by atoms with Gasteiger partial charge in [0.2, 0.25) is 0 Å². The van der Waals surface area contributed by atoms with E-state index in [1.807, 2.05) is 36.4 Å². The molecule has 0 bridgehead atoms. The molecule has 1 aromatic heterocycles. The van der Waals surface area contributed by atoms with Gasteiger partial charge in [0.05, 0.1) is 31.0 Å². The highest BCUT2D eigenvalue weighted by Gasteiger charge is 2.18. The van der Waals surface area contributed by atoms with E-state index < -0.39 is 0 Å². The molecule has 4 N–H and O–H groups in total. The van der Waals surface area contributed by atoms with E-state index in [9.17, 15) is 0 Å². The number of nitrogen functional groups attached to an aromatic ring is 1. The van der Waals surface area contributed by atoms with Gasteiger partial charge in [0, 0.05) is 6.07 Å². The van der Waals surface area contributed by atoms with Gasteiger partial charge in [-0.2, -0.15) is 0 Å². The SMILES string of the molecule is COc1cc(OC)c(Nc2ncnc(NC(c3ccccc3)c3ccccc3)c2N)cc1Cl. The Morgan fingerprint density at radius 1 is 0.818 bits per heavy atom. The van der Waals surface area contributed by atoms with Crippen molar-refractivity contribution in [1.82, 2.24) is 9.97 Å². The third-order valence-electron chi connectivity index (χ3n) is 5.16. The molecule has 0 unspecified atom stereocenters. The number of aromatic nitrogens is 2. The molecule has 0 atom stereocenters. The monoisotopic (exact) mass is 461 g/mol. The Morgan fingerprint density at radius 3 is 1.97 bits per heavy atom. The summed E-state index contributed by atoms with van der Waals surface area (Å²) in [5.74, 6) is 1.97. The molecule has 4 aromatic rings. The quantitative estimate of drug-likeness (QED) is 0.311. The number of hydrogen-bond acceptors (Lipinski definition) is 7. The number of hydrogen-bond donors (Lipinski definition) is 3. The minimum absolute atomic E-state index is 0.151. The minimum Gasteiger partial charge on any atom is -0.495 e. The number of nitrogens with zero attached hydrogens (tertiary/aromatic N) is 2. The maximum Gasteiger partial charge on any atom is 0.159 e. The van der Waals surface area contributed by atoms with Gasteiger partial charge < -0.3 is 25.8 Å². The van der Waals surface area contributed by atoms with Gasteiger partial charge >= 0.3 is 0 Å². The molecule has 0 saturated carbocycles. The summed E-state index contributed by atoms with van der Waals surface area (Å²) in [5.41, 5.74) is 9.60. The number of benzene rings is 3. The lowest BCUT2D eigenvalue weighted by molar-refractivity contribution is 0.396. The van der Waals surface area contributed by atoms with E-state index >= 15 is 0 Å². The second-order valence-electron chi connectivity index (χ2n) is 7.20. The number of rotatable bonds is 8. The van der Waals surface area contributed by atoms with Gasteiger partial charge in [0.1, 0.15) is 23.5 Å². The maximum absolute atomic E-state index is 6.47. The standard InChI is InChI=1S/C25H24ClN5O2/c1-32-20-14-21(33-2)19(13-18(20)26)30-24-22(27)25(29-15-28-24)31-23(16-9-5-3-6-10-16)17-11-7-4-8-12-17/h3-15,23H,27H2,1-2H3,(H2,28,29,30,31). The number of methoxy groups -OCH3 is 2. The smallest absolute Gasteiger partial charge is 0.159 e. The van der Waals surface area contributed by atoms with Crippen LogP contribution in [-0.2, 0) is 0 Å². The molecule has 33 heavy (non-hydrogen) atoms. The summed E-state index contributed by atoms with van der Waals surface area (Å²) in [4.78, 5) is 8.71. The summed E-state index contributed by atoms with van der Waals surface area (Å²) in [7, 11) is 3.11. The van der Waals surface area contributed by atoms with Gasteiger partial charge in [-0.05, 0) is 17.2 Å². The molecule has 0 aliphatic heterocycles. The zero-order valence-electron chi connectivity index (χ0n) is 18.2. The van der Waals surface area contributed by atoms with Crippen LogP contribution < -0.4 is 25.8 Å². The van der Waals surface area contributed by atoms with Crippen molar-refractivity contribution in [2.75, 3.05) is 30.6 Å². The molecule has 0 saturated heterocycles. The Labute approximate surface area is 197 Å². The lowest BCUT2D eigenvalue weighted by Crippen LogP contribution is -2.15. The molecule has 0 radical (unpaired) electrons. The van der Waals surface area contributed by atoms with E-state index in [-0.39, 0.29) is 6.04 Å². The Hall–Kier alpha value is -3.97. The van der Waals surface area contributed by atoms with Gasteiger partial charge in [-0.25, -0.2) is 9.97 Å². The lowest BCUT2D eigenvalue weighted by Gasteiger charge is -2.22. The molecular weight excluding hydrogens is 438 g/mol. The zero-order valence-corrected chi connectivity index (χ0v) is 19.0. The molecule has 168 valence electrons. The van der Waals surface area contributed by atoms with Crippen LogP contribution in [0.2, 0.25) is 5.02 Å². The lowest BCUT2D eigenvalue weighted by atomic mass is 9.99. The number of nitrogens with one attached hydrogen (secondary N) is 2. The summed E-state index contributed by atoms with van der Waals surface area (Å²) in [6.45, 7) is 0. The van der Waals surface area contributed by atoms with Crippen molar-refractivity contribution in [3.05, 3.63) is 95.3 Å². The summed E-state index contributed by atoms with van der Waals surface area (Å²) in [5, 5.41) is 7.10. The van der Waals surface area contributed by atoms with Crippen LogP contribution in [0.4, 0.5) is 23.0 Å². The van der Waals surface area contributed by atoms with E-state index in [4.69, 9.17) is 26.8 Å².